The molecule has 1 aromatic rings. The number of hydrogen-bond donors (Lipinski definition) is 1. The molecule has 84 valence electrons. The Bertz CT molecular complexity index is 329. The van der Waals surface area contributed by atoms with Crippen LogP contribution < -0.4 is 4.74 Å². The summed E-state index contributed by atoms with van der Waals surface area (Å²) >= 11 is 5.72. The Balaban J connectivity index is 2.78. The van der Waals surface area contributed by atoms with Crippen LogP contribution >= 0.6 is 11.6 Å². The fraction of sp³-hybridized carbons (Fsp3) is 0.400. The molecule has 1 aromatic carbocycles. The largest absolute Gasteiger partial charge is 0.433 e. The summed E-state index contributed by atoms with van der Waals surface area (Å²) in [6.45, 7) is -1.25. The smallest absolute Gasteiger partial charge is 0.387 e. The first kappa shape index (κ1) is 12.2. The van der Waals surface area contributed by atoms with Gasteiger partial charge in [0, 0.05) is 0 Å². The first-order chi connectivity index (χ1) is 6.99. The van der Waals surface area contributed by atoms with Gasteiger partial charge in [0.05, 0.1) is 11.1 Å². The Morgan fingerprint density at radius 3 is 2.60 bits per heavy atom. The fourth-order valence-corrected chi connectivity index (χ4v) is 1.45. The van der Waals surface area contributed by atoms with Crippen LogP contribution in [0.15, 0.2) is 18.2 Å². The molecular weight excluding hydrogens is 226 g/mol. The molecule has 0 amide bonds. The van der Waals surface area contributed by atoms with Crippen LogP contribution in [0.5, 0.6) is 5.75 Å². The zero-order chi connectivity index (χ0) is 11.4. The van der Waals surface area contributed by atoms with Crippen molar-refractivity contribution in [3.8, 4) is 5.75 Å². The van der Waals surface area contributed by atoms with Crippen LogP contribution in [0.25, 0.3) is 0 Å². The van der Waals surface area contributed by atoms with Gasteiger partial charge < -0.3 is 9.84 Å². The van der Waals surface area contributed by atoms with Crippen LogP contribution in [-0.2, 0) is 6.42 Å². The number of aliphatic hydroxyl groups is 1. The fourth-order valence-electron chi connectivity index (χ4n) is 1.20. The summed E-state index contributed by atoms with van der Waals surface area (Å²) in [7, 11) is 0. The lowest BCUT2D eigenvalue weighted by atomic mass is 10.1. The van der Waals surface area contributed by atoms with Crippen LogP contribution in [0, 0.1) is 0 Å². The number of rotatable bonds is 4. The summed E-state index contributed by atoms with van der Waals surface area (Å²) in [4.78, 5) is 0. The number of aliphatic hydroxyl groups excluding tert-OH is 1. The minimum atomic E-state index is -2.88. The van der Waals surface area contributed by atoms with Gasteiger partial charge in [-0.1, -0.05) is 17.7 Å². The van der Waals surface area contributed by atoms with Gasteiger partial charge in [-0.2, -0.15) is 8.78 Å². The van der Waals surface area contributed by atoms with Gasteiger partial charge in [-0.3, -0.25) is 0 Å². The van der Waals surface area contributed by atoms with Crippen molar-refractivity contribution < 1.29 is 18.6 Å². The molecule has 0 radical (unpaired) electrons. The van der Waals surface area contributed by atoms with E-state index in [1.807, 2.05) is 0 Å². The third-order valence-corrected chi connectivity index (χ3v) is 2.04. The molecule has 0 aliphatic rings. The Hall–Kier alpha value is -0.870. The molecular formula is C10H11ClF2O2. The van der Waals surface area contributed by atoms with Crippen molar-refractivity contribution in [3.63, 3.8) is 0 Å². The highest BCUT2D eigenvalue weighted by atomic mass is 35.5. The normalized spacial score (nSPS) is 12.9. The summed E-state index contributed by atoms with van der Waals surface area (Å²) in [6.07, 6.45) is -0.0720. The van der Waals surface area contributed by atoms with Crippen molar-refractivity contribution in [2.45, 2.75) is 26.1 Å². The Labute approximate surface area is 91.4 Å². The monoisotopic (exact) mass is 236 g/mol. The van der Waals surface area contributed by atoms with Gasteiger partial charge in [0.25, 0.3) is 0 Å². The van der Waals surface area contributed by atoms with Crippen molar-refractivity contribution in [3.05, 3.63) is 28.8 Å². The maximum absolute atomic E-state index is 11.9. The minimum absolute atomic E-state index is 0.0546. The van der Waals surface area contributed by atoms with E-state index in [-0.39, 0.29) is 10.8 Å². The molecule has 0 saturated heterocycles. The lowest BCUT2D eigenvalue weighted by Crippen LogP contribution is -2.05. The van der Waals surface area contributed by atoms with Gasteiger partial charge in [-0.25, -0.2) is 0 Å². The van der Waals surface area contributed by atoms with Crippen molar-refractivity contribution in [1.29, 1.82) is 0 Å². The first-order valence-electron chi connectivity index (χ1n) is 4.40. The Kier molecular flexibility index (Phi) is 4.29. The zero-order valence-corrected chi connectivity index (χ0v) is 8.84. The SMILES string of the molecule is CC(O)Cc1ccc(OC(F)F)c(Cl)c1. The van der Waals surface area contributed by atoms with Gasteiger partial charge in [0.15, 0.2) is 0 Å². The molecule has 1 atom stereocenters. The predicted octanol–water partition coefficient (Wildman–Crippen LogP) is 2.86. The van der Waals surface area contributed by atoms with E-state index in [0.717, 1.165) is 5.56 Å². The molecule has 0 spiro atoms. The van der Waals surface area contributed by atoms with Crippen LogP contribution in [0.1, 0.15) is 12.5 Å². The van der Waals surface area contributed by atoms with Crippen molar-refractivity contribution >= 4 is 11.6 Å². The van der Waals surface area contributed by atoms with Crippen LogP contribution in [0.2, 0.25) is 5.02 Å². The molecule has 1 unspecified atom stereocenters. The third kappa shape index (κ3) is 4.01. The van der Waals surface area contributed by atoms with E-state index < -0.39 is 12.7 Å². The predicted molar refractivity (Wildman–Crippen MR) is 53.5 cm³/mol. The molecule has 0 aliphatic carbocycles. The van der Waals surface area contributed by atoms with Crippen molar-refractivity contribution in [2.75, 3.05) is 0 Å². The summed E-state index contributed by atoms with van der Waals surface area (Å²) in [5.41, 5.74) is 0.775. The zero-order valence-electron chi connectivity index (χ0n) is 8.08. The van der Waals surface area contributed by atoms with Crippen LogP contribution in [-0.4, -0.2) is 17.8 Å². The standard InChI is InChI=1S/C10H11ClF2O2/c1-6(14)4-7-2-3-9(8(11)5-7)15-10(12)13/h2-3,5-6,10,14H,4H2,1H3. The van der Waals surface area contributed by atoms with Gasteiger partial charge >= 0.3 is 6.61 Å². The van der Waals surface area contributed by atoms with Crippen LogP contribution in [0.4, 0.5) is 8.78 Å². The molecule has 15 heavy (non-hydrogen) atoms. The number of hydrogen-bond acceptors (Lipinski definition) is 2. The third-order valence-electron chi connectivity index (χ3n) is 1.74. The van der Waals surface area contributed by atoms with E-state index in [2.05, 4.69) is 4.74 Å². The number of halogens is 3. The average Bonchev–Trinajstić information content (AvgIpc) is 2.08. The van der Waals surface area contributed by atoms with E-state index in [0.29, 0.717) is 6.42 Å². The second-order valence-corrected chi connectivity index (χ2v) is 3.60. The summed E-state index contributed by atoms with van der Waals surface area (Å²) in [5.74, 6) is -0.0546. The summed E-state index contributed by atoms with van der Waals surface area (Å²) < 4.78 is 28.0. The Morgan fingerprint density at radius 2 is 2.13 bits per heavy atom. The molecule has 0 saturated carbocycles. The van der Waals surface area contributed by atoms with Gasteiger partial charge in [0.2, 0.25) is 0 Å². The lowest BCUT2D eigenvalue weighted by molar-refractivity contribution is -0.0498. The second-order valence-electron chi connectivity index (χ2n) is 3.20. The second kappa shape index (κ2) is 5.28. The topological polar surface area (TPSA) is 29.5 Å². The molecule has 1 N–H and O–H groups in total. The molecule has 0 aromatic heterocycles. The molecule has 0 heterocycles. The Morgan fingerprint density at radius 1 is 1.47 bits per heavy atom. The number of alkyl halides is 2. The maximum Gasteiger partial charge on any atom is 0.387 e. The molecule has 0 aliphatic heterocycles. The van der Waals surface area contributed by atoms with E-state index in [1.165, 1.54) is 12.1 Å². The minimum Gasteiger partial charge on any atom is -0.433 e. The van der Waals surface area contributed by atoms with Crippen molar-refractivity contribution in [2.24, 2.45) is 0 Å². The highest BCUT2D eigenvalue weighted by molar-refractivity contribution is 6.32. The van der Waals surface area contributed by atoms with Crippen LogP contribution in [0.3, 0.4) is 0 Å². The molecule has 5 heteroatoms. The molecule has 0 bridgehead atoms. The molecule has 0 fully saturated rings. The van der Waals surface area contributed by atoms with E-state index in [4.69, 9.17) is 16.7 Å². The lowest BCUT2D eigenvalue weighted by Gasteiger charge is -2.09. The van der Waals surface area contributed by atoms with Gasteiger partial charge in [0.1, 0.15) is 5.75 Å². The average molecular weight is 237 g/mol. The van der Waals surface area contributed by atoms with E-state index in [9.17, 15) is 8.78 Å². The highest BCUT2D eigenvalue weighted by Crippen LogP contribution is 2.27. The highest BCUT2D eigenvalue weighted by Gasteiger charge is 2.09. The van der Waals surface area contributed by atoms with E-state index in [1.54, 1.807) is 13.0 Å². The van der Waals surface area contributed by atoms with Gasteiger partial charge in [-0.15, -0.1) is 0 Å². The maximum atomic E-state index is 11.9. The molecule has 2 nitrogen and oxygen atoms in total. The molecule has 1 rings (SSSR count). The van der Waals surface area contributed by atoms with E-state index >= 15 is 0 Å². The first-order valence-corrected chi connectivity index (χ1v) is 4.78. The number of benzene rings is 1. The van der Waals surface area contributed by atoms with Crippen molar-refractivity contribution in [1.82, 2.24) is 0 Å². The quantitative estimate of drug-likeness (QED) is 0.871. The summed E-state index contributed by atoms with van der Waals surface area (Å²) in [5, 5.41) is 9.24. The summed E-state index contributed by atoms with van der Waals surface area (Å²) in [6, 6.07) is 4.47. The number of ether oxygens (including phenoxy) is 1. The van der Waals surface area contributed by atoms with Gasteiger partial charge in [-0.05, 0) is 31.0 Å².